The van der Waals surface area contributed by atoms with Gasteiger partial charge in [0.1, 0.15) is 0 Å². The molecule has 0 aromatic heterocycles. The number of hydrogen-bond acceptors (Lipinski definition) is 2. The summed E-state index contributed by atoms with van der Waals surface area (Å²) < 4.78 is 0. The molecule has 2 N–H and O–H groups in total. The van der Waals surface area contributed by atoms with Crippen LogP contribution in [-0.4, -0.2) is 22.2 Å². The number of carbonyl (C=O) groups is 2. The average molecular weight is 286 g/mol. The second kappa shape index (κ2) is 6.59. The first-order chi connectivity index (χ1) is 8.86. The van der Waals surface area contributed by atoms with Gasteiger partial charge in [-0.15, -0.1) is 0 Å². The third kappa shape index (κ3) is 3.97. The van der Waals surface area contributed by atoms with Gasteiger partial charge in [0.25, 0.3) is 0 Å². The van der Waals surface area contributed by atoms with Crippen molar-refractivity contribution in [2.45, 2.75) is 61.3 Å². The van der Waals surface area contributed by atoms with Crippen molar-refractivity contribution in [2.24, 2.45) is 28.6 Å². The molecule has 0 bridgehead atoms. The van der Waals surface area contributed by atoms with Gasteiger partial charge in [0.05, 0.1) is 11.3 Å². The summed E-state index contributed by atoms with van der Waals surface area (Å²) >= 11 is 0. The molecule has 0 aliphatic rings. The highest BCUT2D eigenvalue weighted by Crippen LogP contribution is 2.51. The molecule has 0 saturated carbocycles. The molecule has 0 radical (unpaired) electrons. The van der Waals surface area contributed by atoms with Crippen LogP contribution in [-0.2, 0) is 9.59 Å². The molecular weight excluding hydrogens is 256 g/mol. The topological polar surface area (TPSA) is 74.6 Å². The molecule has 20 heavy (non-hydrogen) atoms. The number of aliphatic carboxylic acids is 2. The summed E-state index contributed by atoms with van der Waals surface area (Å²) in [5, 5.41) is 19.5. The Labute approximate surface area is 122 Å². The number of rotatable bonds is 7. The summed E-state index contributed by atoms with van der Waals surface area (Å²) in [6.07, 6.45) is 0.751. The van der Waals surface area contributed by atoms with Gasteiger partial charge in [0.2, 0.25) is 0 Å². The highest BCUT2D eigenvalue weighted by Gasteiger charge is 2.56. The fourth-order valence-electron chi connectivity index (χ4n) is 3.16. The lowest BCUT2D eigenvalue weighted by Crippen LogP contribution is -2.52. The Balaban J connectivity index is 6.03. The quantitative estimate of drug-likeness (QED) is 0.744. The van der Waals surface area contributed by atoms with Crippen molar-refractivity contribution in [1.29, 1.82) is 0 Å². The van der Waals surface area contributed by atoms with Crippen molar-refractivity contribution >= 4 is 11.9 Å². The molecule has 0 amide bonds. The van der Waals surface area contributed by atoms with E-state index in [0.717, 1.165) is 0 Å². The van der Waals surface area contributed by atoms with E-state index in [1.54, 1.807) is 0 Å². The van der Waals surface area contributed by atoms with Gasteiger partial charge in [-0.25, -0.2) is 0 Å². The van der Waals surface area contributed by atoms with Crippen LogP contribution in [0, 0.1) is 28.6 Å². The molecule has 2 atom stereocenters. The normalized spacial score (nSPS) is 17.1. The van der Waals surface area contributed by atoms with Gasteiger partial charge >= 0.3 is 11.9 Å². The molecule has 0 rings (SSSR count). The predicted molar refractivity (Wildman–Crippen MR) is 79.6 cm³/mol. The van der Waals surface area contributed by atoms with E-state index in [1.165, 1.54) is 0 Å². The van der Waals surface area contributed by atoms with Crippen molar-refractivity contribution in [3.63, 3.8) is 0 Å². The summed E-state index contributed by atoms with van der Waals surface area (Å²) in [6.45, 7) is 13.2. The minimum absolute atomic E-state index is 0.124. The maximum absolute atomic E-state index is 12.1. The van der Waals surface area contributed by atoms with E-state index in [0.29, 0.717) is 12.8 Å². The molecular formula is C16H30O4. The van der Waals surface area contributed by atoms with Crippen LogP contribution in [0.1, 0.15) is 61.3 Å². The zero-order valence-corrected chi connectivity index (χ0v) is 13.9. The Hall–Kier alpha value is -1.06. The third-order valence-corrected chi connectivity index (χ3v) is 4.05. The van der Waals surface area contributed by atoms with E-state index < -0.39 is 28.7 Å². The molecule has 0 aromatic carbocycles. The maximum atomic E-state index is 12.1. The second-order valence-electron chi connectivity index (χ2n) is 7.64. The van der Waals surface area contributed by atoms with Gasteiger partial charge in [-0.05, 0) is 30.1 Å². The largest absolute Gasteiger partial charge is 0.481 e. The monoisotopic (exact) mass is 286 g/mol. The van der Waals surface area contributed by atoms with E-state index in [2.05, 4.69) is 0 Å². The number of carboxylic acids is 2. The average Bonchev–Trinajstić information content (AvgIpc) is 2.19. The van der Waals surface area contributed by atoms with Crippen molar-refractivity contribution in [3.8, 4) is 0 Å². The maximum Gasteiger partial charge on any atom is 0.311 e. The first kappa shape index (κ1) is 18.9. The van der Waals surface area contributed by atoms with Crippen molar-refractivity contribution in [3.05, 3.63) is 0 Å². The lowest BCUT2D eigenvalue weighted by Gasteiger charge is -2.46. The Morgan fingerprint density at radius 2 is 1.40 bits per heavy atom. The fourth-order valence-corrected chi connectivity index (χ4v) is 3.16. The lowest BCUT2D eigenvalue weighted by molar-refractivity contribution is -0.175. The lowest BCUT2D eigenvalue weighted by atomic mass is 9.55. The number of hydrogen-bond donors (Lipinski definition) is 2. The first-order valence-electron chi connectivity index (χ1n) is 7.32. The minimum Gasteiger partial charge on any atom is -0.481 e. The zero-order valence-electron chi connectivity index (χ0n) is 13.9. The van der Waals surface area contributed by atoms with E-state index in [-0.39, 0.29) is 11.8 Å². The van der Waals surface area contributed by atoms with E-state index in [1.807, 2.05) is 48.5 Å². The summed E-state index contributed by atoms with van der Waals surface area (Å²) in [6, 6.07) is 0. The van der Waals surface area contributed by atoms with Crippen molar-refractivity contribution in [2.75, 3.05) is 0 Å². The highest BCUT2D eigenvalue weighted by molar-refractivity contribution is 5.84. The van der Waals surface area contributed by atoms with Gasteiger partial charge in [-0.1, -0.05) is 48.5 Å². The Bertz CT molecular complexity index is 352. The van der Waals surface area contributed by atoms with Crippen LogP contribution >= 0.6 is 0 Å². The summed E-state index contributed by atoms with van der Waals surface area (Å²) in [5.74, 6) is -2.60. The molecule has 0 fully saturated rings. The number of carboxylic acid groups (broad SMARTS) is 2. The highest BCUT2D eigenvalue weighted by atomic mass is 16.4. The van der Waals surface area contributed by atoms with Gasteiger partial charge in [-0.3, -0.25) is 9.59 Å². The van der Waals surface area contributed by atoms with E-state index in [4.69, 9.17) is 0 Å². The predicted octanol–water partition coefficient (Wildman–Crippen LogP) is 3.90. The van der Waals surface area contributed by atoms with Crippen LogP contribution in [0.3, 0.4) is 0 Å². The molecule has 0 aromatic rings. The van der Waals surface area contributed by atoms with E-state index >= 15 is 0 Å². The standard InChI is InChI=1S/C16H30O4/c1-10(2)8-12(13(17)18)16(14(19)20,9-11(3)4)15(5,6)7/h10-12H,8-9H2,1-7H3,(H,17,18)(H,19,20). The first-order valence-corrected chi connectivity index (χ1v) is 7.32. The molecule has 0 aliphatic carbocycles. The molecule has 2 unspecified atom stereocenters. The van der Waals surface area contributed by atoms with Crippen molar-refractivity contribution < 1.29 is 19.8 Å². The minimum atomic E-state index is -1.25. The molecule has 0 spiro atoms. The second-order valence-corrected chi connectivity index (χ2v) is 7.64. The van der Waals surface area contributed by atoms with E-state index in [9.17, 15) is 19.8 Å². The smallest absolute Gasteiger partial charge is 0.311 e. The SMILES string of the molecule is CC(C)CC(C(=O)O)C(CC(C)C)(C(=O)O)C(C)(C)C. The van der Waals surface area contributed by atoms with Crippen molar-refractivity contribution in [1.82, 2.24) is 0 Å². The van der Waals surface area contributed by atoms with Gasteiger partial charge in [0.15, 0.2) is 0 Å². The third-order valence-electron chi connectivity index (χ3n) is 4.05. The van der Waals surface area contributed by atoms with Crippen LogP contribution in [0.15, 0.2) is 0 Å². The van der Waals surface area contributed by atoms with Gasteiger partial charge in [-0.2, -0.15) is 0 Å². The Morgan fingerprint density at radius 3 is 1.60 bits per heavy atom. The summed E-state index contributed by atoms with van der Waals surface area (Å²) in [4.78, 5) is 23.8. The van der Waals surface area contributed by atoms with Crippen LogP contribution in [0.2, 0.25) is 0 Å². The summed E-state index contributed by atoms with van der Waals surface area (Å²) in [5.41, 5.74) is -1.88. The van der Waals surface area contributed by atoms with Crippen LogP contribution in [0.4, 0.5) is 0 Å². The Kier molecular flexibility index (Phi) is 6.25. The van der Waals surface area contributed by atoms with Crippen LogP contribution in [0.5, 0.6) is 0 Å². The molecule has 4 heteroatoms. The van der Waals surface area contributed by atoms with Gasteiger partial charge in [0, 0.05) is 0 Å². The molecule has 0 heterocycles. The fraction of sp³-hybridized carbons (Fsp3) is 0.875. The summed E-state index contributed by atoms with van der Waals surface area (Å²) in [7, 11) is 0. The van der Waals surface area contributed by atoms with Gasteiger partial charge < -0.3 is 10.2 Å². The van der Waals surface area contributed by atoms with Crippen LogP contribution in [0.25, 0.3) is 0 Å². The molecule has 0 saturated heterocycles. The Morgan fingerprint density at radius 1 is 0.950 bits per heavy atom. The van der Waals surface area contributed by atoms with Crippen LogP contribution < -0.4 is 0 Å². The molecule has 118 valence electrons. The molecule has 4 nitrogen and oxygen atoms in total. The zero-order chi connectivity index (χ0) is 16.3. The molecule has 0 aliphatic heterocycles.